The van der Waals surface area contributed by atoms with Gasteiger partial charge in [-0.1, -0.05) is 24.3 Å². The number of hydrogen-bond donors (Lipinski definition) is 0. The molecular formula is C23H26N2O4. The average Bonchev–Trinajstić information content (AvgIpc) is 2.72. The van der Waals surface area contributed by atoms with Gasteiger partial charge in [0.15, 0.2) is 11.9 Å². The Kier molecular flexibility index (Phi) is 6.01. The van der Waals surface area contributed by atoms with Crippen molar-refractivity contribution in [1.29, 1.82) is 0 Å². The molecule has 0 radical (unpaired) electrons. The number of benzene rings is 2. The minimum Gasteiger partial charge on any atom is -0.476 e. The third-order valence-electron chi connectivity index (χ3n) is 5.19. The minimum atomic E-state index is -0.765. The third-order valence-corrected chi connectivity index (χ3v) is 5.19. The summed E-state index contributed by atoms with van der Waals surface area (Å²) in [5.74, 6) is 0.0229. The Morgan fingerprint density at radius 3 is 2.45 bits per heavy atom. The topological polar surface area (TPSA) is 66.9 Å². The van der Waals surface area contributed by atoms with E-state index in [9.17, 15) is 14.4 Å². The van der Waals surface area contributed by atoms with Crippen LogP contribution in [-0.4, -0.2) is 49.2 Å². The highest BCUT2D eigenvalue weighted by Crippen LogP contribution is 2.34. The van der Waals surface area contributed by atoms with Gasteiger partial charge in [-0.15, -0.1) is 0 Å². The number of anilines is 1. The Labute approximate surface area is 171 Å². The normalized spacial score (nSPS) is 15.3. The Balaban J connectivity index is 1.74. The van der Waals surface area contributed by atoms with Gasteiger partial charge in [0.25, 0.3) is 5.91 Å². The number of rotatable bonds is 5. The largest absolute Gasteiger partial charge is 0.476 e. The molecule has 6 nitrogen and oxygen atoms in total. The Morgan fingerprint density at radius 1 is 1.03 bits per heavy atom. The van der Waals surface area contributed by atoms with Crippen molar-refractivity contribution in [3.05, 3.63) is 59.2 Å². The lowest BCUT2D eigenvalue weighted by atomic mass is 10.0. The lowest BCUT2D eigenvalue weighted by Crippen LogP contribution is -2.50. The maximum Gasteiger partial charge on any atom is 0.265 e. The van der Waals surface area contributed by atoms with Gasteiger partial charge in [0, 0.05) is 32.5 Å². The van der Waals surface area contributed by atoms with Crippen LogP contribution in [0.3, 0.4) is 0 Å². The van der Waals surface area contributed by atoms with Crippen LogP contribution in [0.15, 0.2) is 42.5 Å². The van der Waals surface area contributed by atoms with Crippen LogP contribution in [0.5, 0.6) is 5.75 Å². The molecule has 0 aromatic heterocycles. The molecule has 0 saturated heterocycles. The van der Waals surface area contributed by atoms with Crippen molar-refractivity contribution in [2.75, 3.05) is 25.5 Å². The molecule has 0 spiro atoms. The summed E-state index contributed by atoms with van der Waals surface area (Å²) >= 11 is 0. The van der Waals surface area contributed by atoms with Gasteiger partial charge in [-0.25, -0.2) is 0 Å². The molecule has 2 amide bonds. The van der Waals surface area contributed by atoms with E-state index < -0.39 is 6.10 Å². The first kappa shape index (κ1) is 20.6. The first-order valence-corrected chi connectivity index (χ1v) is 9.65. The molecule has 29 heavy (non-hydrogen) atoms. The number of amides is 2. The fraction of sp³-hybridized carbons (Fsp3) is 0.348. The highest BCUT2D eigenvalue weighted by atomic mass is 16.5. The number of carbonyl (C=O) groups excluding carboxylic acids is 3. The second kappa shape index (κ2) is 8.47. The number of ketones is 1. The van der Waals surface area contributed by atoms with E-state index in [1.165, 1.54) is 4.90 Å². The van der Waals surface area contributed by atoms with Gasteiger partial charge in [0.2, 0.25) is 5.91 Å². The van der Waals surface area contributed by atoms with Gasteiger partial charge in [-0.3, -0.25) is 14.4 Å². The van der Waals surface area contributed by atoms with Crippen LogP contribution in [0.25, 0.3) is 0 Å². The predicted molar refractivity (Wildman–Crippen MR) is 111 cm³/mol. The molecule has 1 aliphatic heterocycles. The second-order valence-corrected chi connectivity index (χ2v) is 7.53. The van der Waals surface area contributed by atoms with Crippen molar-refractivity contribution in [3.63, 3.8) is 0 Å². The Morgan fingerprint density at radius 2 is 1.76 bits per heavy atom. The number of Topliss-reactive ketones (excluding diaryl/α,β-unsaturated/α-hetero) is 1. The van der Waals surface area contributed by atoms with Crippen LogP contribution < -0.4 is 9.64 Å². The van der Waals surface area contributed by atoms with E-state index >= 15 is 0 Å². The summed E-state index contributed by atoms with van der Waals surface area (Å²) in [7, 11) is 3.31. The van der Waals surface area contributed by atoms with E-state index in [0.717, 1.165) is 11.1 Å². The van der Waals surface area contributed by atoms with Gasteiger partial charge in [0.1, 0.15) is 5.75 Å². The first-order chi connectivity index (χ1) is 13.8. The molecule has 1 aliphatic rings. The van der Waals surface area contributed by atoms with Crippen molar-refractivity contribution in [2.24, 2.45) is 0 Å². The molecule has 1 heterocycles. The van der Waals surface area contributed by atoms with Gasteiger partial charge in [0.05, 0.1) is 12.2 Å². The third kappa shape index (κ3) is 4.47. The van der Waals surface area contributed by atoms with Crippen molar-refractivity contribution in [3.8, 4) is 5.75 Å². The summed E-state index contributed by atoms with van der Waals surface area (Å²) < 4.78 is 5.80. The summed E-state index contributed by atoms with van der Waals surface area (Å²) in [6.07, 6.45) is -0.574. The van der Waals surface area contributed by atoms with Crippen LogP contribution >= 0.6 is 0 Å². The Hall–Kier alpha value is -3.15. The second-order valence-electron chi connectivity index (χ2n) is 7.53. The summed E-state index contributed by atoms with van der Waals surface area (Å²) in [5, 5.41) is 0. The number of aryl methyl sites for hydroxylation is 2. The molecule has 3 rings (SSSR count). The number of fused-ring (bicyclic) bond motifs is 1. The van der Waals surface area contributed by atoms with E-state index in [-0.39, 0.29) is 37.0 Å². The standard InChI is InChI=1S/C23H26N2O4/c1-15-9-10-17(13-16(15)2)19(26)11-12-22(27)25-14-21(23(28)24(3)4)29-20-8-6-5-7-18(20)25/h5-10,13,21H,11-12,14H2,1-4H3/t21-/m1/s1. The fourth-order valence-electron chi connectivity index (χ4n) is 3.30. The lowest BCUT2D eigenvalue weighted by Gasteiger charge is -2.35. The zero-order valence-electron chi connectivity index (χ0n) is 17.3. The maximum atomic E-state index is 12.9. The quantitative estimate of drug-likeness (QED) is 0.731. The molecule has 2 aromatic carbocycles. The van der Waals surface area contributed by atoms with Gasteiger partial charge >= 0.3 is 0 Å². The van der Waals surface area contributed by atoms with Gasteiger partial charge in [-0.05, 0) is 43.2 Å². The predicted octanol–water partition coefficient (Wildman–Crippen LogP) is 3.15. The van der Waals surface area contributed by atoms with E-state index in [0.29, 0.717) is 17.0 Å². The smallest absolute Gasteiger partial charge is 0.265 e. The zero-order valence-corrected chi connectivity index (χ0v) is 17.3. The molecule has 1 atom stereocenters. The lowest BCUT2D eigenvalue weighted by molar-refractivity contribution is -0.136. The van der Waals surface area contributed by atoms with Crippen molar-refractivity contribution in [1.82, 2.24) is 4.90 Å². The van der Waals surface area contributed by atoms with Gasteiger partial charge in [-0.2, -0.15) is 0 Å². The van der Waals surface area contributed by atoms with Crippen molar-refractivity contribution >= 4 is 23.3 Å². The maximum absolute atomic E-state index is 12.9. The van der Waals surface area contributed by atoms with Crippen LogP contribution in [-0.2, 0) is 9.59 Å². The number of carbonyl (C=O) groups is 3. The number of nitrogens with zero attached hydrogens (tertiary/aromatic N) is 2. The fourth-order valence-corrected chi connectivity index (χ4v) is 3.30. The highest BCUT2D eigenvalue weighted by molar-refractivity contribution is 6.02. The molecule has 0 bridgehead atoms. The van der Waals surface area contributed by atoms with Crippen LogP contribution in [0.4, 0.5) is 5.69 Å². The summed E-state index contributed by atoms with van der Waals surface area (Å²) in [4.78, 5) is 40.9. The molecule has 0 unspecified atom stereocenters. The molecular weight excluding hydrogens is 368 g/mol. The Bertz CT molecular complexity index is 952. The molecule has 2 aromatic rings. The molecule has 0 aliphatic carbocycles. The highest BCUT2D eigenvalue weighted by Gasteiger charge is 2.34. The zero-order chi connectivity index (χ0) is 21.1. The SMILES string of the molecule is Cc1ccc(C(=O)CCC(=O)N2C[C@H](C(=O)N(C)C)Oc3ccccc32)cc1C. The number of hydrogen-bond acceptors (Lipinski definition) is 4. The average molecular weight is 394 g/mol. The summed E-state index contributed by atoms with van der Waals surface area (Å²) in [6.45, 7) is 4.09. The molecule has 0 N–H and O–H groups in total. The van der Waals surface area contributed by atoms with Crippen LogP contribution in [0.2, 0.25) is 0 Å². The van der Waals surface area contributed by atoms with E-state index in [4.69, 9.17) is 4.74 Å². The number of ether oxygens (including phenoxy) is 1. The van der Waals surface area contributed by atoms with Crippen molar-refractivity contribution < 1.29 is 19.1 Å². The van der Waals surface area contributed by atoms with E-state index in [2.05, 4.69) is 0 Å². The summed E-state index contributed by atoms with van der Waals surface area (Å²) in [5.41, 5.74) is 3.41. The van der Waals surface area contributed by atoms with Gasteiger partial charge < -0.3 is 14.5 Å². The van der Waals surface area contributed by atoms with Crippen molar-refractivity contribution in [2.45, 2.75) is 32.8 Å². The van der Waals surface area contributed by atoms with Crippen LogP contribution in [0, 0.1) is 13.8 Å². The minimum absolute atomic E-state index is 0.0658. The molecule has 0 fully saturated rings. The van der Waals surface area contributed by atoms with E-state index in [1.54, 1.807) is 43.3 Å². The number of likely N-dealkylation sites (N-methyl/N-ethyl adjacent to an activating group) is 1. The molecule has 6 heteroatoms. The van der Waals surface area contributed by atoms with Crippen LogP contribution in [0.1, 0.15) is 34.3 Å². The molecule has 0 saturated carbocycles. The van der Waals surface area contributed by atoms with E-state index in [1.807, 2.05) is 32.0 Å². The first-order valence-electron chi connectivity index (χ1n) is 9.65. The monoisotopic (exact) mass is 394 g/mol. The number of para-hydroxylation sites is 2. The molecule has 152 valence electrons. The summed E-state index contributed by atoms with van der Waals surface area (Å²) in [6, 6.07) is 12.7.